The summed E-state index contributed by atoms with van der Waals surface area (Å²) in [5, 5.41) is 9.39. The third-order valence-corrected chi connectivity index (χ3v) is 2.38. The van der Waals surface area contributed by atoms with Gasteiger partial charge in [-0.3, -0.25) is 0 Å². The molecule has 0 amide bonds. The molecule has 0 saturated heterocycles. The van der Waals surface area contributed by atoms with E-state index in [0.29, 0.717) is 18.9 Å². The minimum absolute atomic E-state index is 0.0742. The van der Waals surface area contributed by atoms with Gasteiger partial charge in [-0.15, -0.1) is 11.8 Å². The van der Waals surface area contributed by atoms with Crippen molar-refractivity contribution in [1.29, 1.82) is 0 Å². The van der Waals surface area contributed by atoms with Crippen LogP contribution in [0.4, 0.5) is 5.69 Å². The van der Waals surface area contributed by atoms with Crippen LogP contribution in [0.1, 0.15) is 0 Å². The van der Waals surface area contributed by atoms with E-state index in [-0.39, 0.29) is 6.61 Å². The number of nitrogens with two attached hydrogens (primary N) is 1. The van der Waals surface area contributed by atoms with E-state index < -0.39 is 0 Å². The molecule has 0 aliphatic rings. The summed E-state index contributed by atoms with van der Waals surface area (Å²) >= 11 is 1.61. The molecule has 0 unspecified atom stereocenters. The lowest BCUT2D eigenvalue weighted by molar-refractivity contribution is 0.103. The van der Waals surface area contributed by atoms with E-state index in [9.17, 15) is 0 Å². The van der Waals surface area contributed by atoms with Crippen LogP contribution in [0, 0.1) is 0 Å². The van der Waals surface area contributed by atoms with E-state index in [1.54, 1.807) is 18.0 Å². The number of ether oxygens (including phenoxy) is 1. The Kier molecular flexibility index (Phi) is 5.36. The van der Waals surface area contributed by atoms with Gasteiger partial charge in [-0.1, -0.05) is 0 Å². The van der Waals surface area contributed by atoms with Crippen LogP contribution in [0.5, 0.6) is 0 Å². The molecule has 14 heavy (non-hydrogen) atoms. The summed E-state index contributed by atoms with van der Waals surface area (Å²) in [4.78, 5) is 4.13. The van der Waals surface area contributed by atoms with Gasteiger partial charge in [-0.25, -0.2) is 4.98 Å². The monoisotopic (exact) mass is 214 g/mol. The Labute approximate surface area is 87.5 Å². The van der Waals surface area contributed by atoms with Gasteiger partial charge in [0.05, 0.1) is 36.7 Å². The molecular weight excluding hydrogens is 200 g/mol. The minimum Gasteiger partial charge on any atom is -0.397 e. The number of aliphatic hydroxyl groups is 1. The van der Waals surface area contributed by atoms with Crippen molar-refractivity contribution in [3.63, 3.8) is 0 Å². The Morgan fingerprint density at radius 2 is 2.29 bits per heavy atom. The fourth-order valence-electron chi connectivity index (χ4n) is 0.849. The molecule has 1 rings (SSSR count). The summed E-state index contributed by atoms with van der Waals surface area (Å²) in [6.45, 7) is 1.10. The number of hydrogen-bond donors (Lipinski definition) is 2. The van der Waals surface area contributed by atoms with Crippen molar-refractivity contribution in [2.45, 2.75) is 5.03 Å². The summed E-state index contributed by atoms with van der Waals surface area (Å²) in [5.74, 6) is 0.830. The highest BCUT2D eigenvalue weighted by molar-refractivity contribution is 7.99. The smallest absolute Gasteiger partial charge is 0.0962 e. The number of aromatic nitrogens is 1. The third kappa shape index (κ3) is 4.45. The van der Waals surface area contributed by atoms with Crippen LogP contribution in [0.2, 0.25) is 0 Å². The van der Waals surface area contributed by atoms with Gasteiger partial charge in [-0.2, -0.15) is 0 Å². The van der Waals surface area contributed by atoms with Crippen molar-refractivity contribution in [3.05, 3.63) is 18.3 Å². The second-order valence-corrected chi connectivity index (χ2v) is 3.73. The molecule has 0 aliphatic heterocycles. The topological polar surface area (TPSA) is 68.4 Å². The molecule has 4 nitrogen and oxygen atoms in total. The van der Waals surface area contributed by atoms with E-state index >= 15 is 0 Å². The molecule has 0 bridgehead atoms. The lowest BCUT2D eigenvalue weighted by atomic mass is 10.4. The van der Waals surface area contributed by atoms with Crippen molar-refractivity contribution >= 4 is 17.4 Å². The van der Waals surface area contributed by atoms with Crippen LogP contribution >= 0.6 is 11.8 Å². The van der Waals surface area contributed by atoms with Crippen LogP contribution in [0.25, 0.3) is 0 Å². The van der Waals surface area contributed by atoms with E-state index in [1.165, 1.54) is 0 Å². The Hall–Kier alpha value is -0.780. The Morgan fingerprint density at radius 1 is 1.43 bits per heavy atom. The second-order valence-electron chi connectivity index (χ2n) is 2.61. The first-order valence-corrected chi connectivity index (χ1v) is 5.34. The summed E-state index contributed by atoms with van der Waals surface area (Å²) < 4.78 is 5.10. The largest absolute Gasteiger partial charge is 0.397 e. The van der Waals surface area contributed by atoms with Crippen molar-refractivity contribution in [2.75, 3.05) is 31.3 Å². The first kappa shape index (κ1) is 11.3. The summed E-state index contributed by atoms with van der Waals surface area (Å²) in [6, 6.07) is 3.70. The molecule has 3 N–H and O–H groups in total. The number of anilines is 1. The Morgan fingerprint density at radius 3 is 2.93 bits per heavy atom. The van der Waals surface area contributed by atoms with E-state index in [4.69, 9.17) is 15.6 Å². The zero-order valence-electron chi connectivity index (χ0n) is 7.85. The maximum absolute atomic E-state index is 8.46. The molecule has 0 saturated carbocycles. The SMILES string of the molecule is Nc1ccc(SCCOCCO)nc1. The van der Waals surface area contributed by atoms with E-state index in [1.807, 2.05) is 12.1 Å². The highest BCUT2D eigenvalue weighted by Crippen LogP contribution is 2.15. The van der Waals surface area contributed by atoms with Crippen LogP contribution in [0.15, 0.2) is 23.4 Å². The van der Waals surface area contributed by atoms with E-state index in [0.717, 1.165) is 10.8 Å². The lowest BCUT2D eigenvalue weighted by Crippen LogP contribution is -2.02. The Bertz CT molecular complexity index is 253. The minimum atomic E-state index is 0.0742. The normalized spacial score (nSPS) is 10.4. The summed E-state index contributed by atoms with van der Waals surface area (Å²) in [6.07, 6.45) is 1.64. The molecule has 0 aromatic carbocycles. The van der Waals surface area contributed by atoms with Crippen LogP contribution < -0.4 is 5.73 Å². The fraction of sp³-hybridized carbons (Fsp3) is 0.444. The average Bonchev–Trinajstić information content (AvgIpc) is 2.21. The maximum Gasteiger partial charge on any atom is 0.0962 e. The van der Waals surface area contributed by atoms with Crippen molar-refractivity contribution < 1.29 is 9.84 Å². The zero-order valence-corrected chi connectivity index (χ0v) is 8.67. The van der Waals surface area contributed by atoms with Crippen molar-refractivity contribution in [3.8, 4) is 0 Å². The van der Waals surface area contributed by atoms with Gasteiger partial charge in [0.25, 0.3) is 0 Å². The third-order valence-electron chi connectivity index (χ3n) is 1.47. The molecule has 0 radical (unpaired) electrons. The van der Waals surface area contributed by atoms with Crippen molar-refractivity contribution in [2.24, 2.45) is 0 Å². The number of rotatable bonds is 6. The summed E-state index contributed by atoms with van der Waals surface area (Å²) in [7, 11) is 0. The van der Waals surface area contributed by atoms with Gasteiger partial charge in [0, 0.05) is 5.75 Å². The standard InChI is InChI=1S/C9H14N2O2S/c10-8-1-2-9(11-7-8)14-6-5-13-4-3-12/h1-2,7,12H,3-6,10H2. The van der Waals surface area contributed by atoms with Crippen molar-refractivity contribution in [1.82, 2.24) is 4.98 Å². The second kappa shape index (κ2) is 6.64. The predicted octanol–water partition coefficient (Wildman–Crippen LogP) is 0.765. The Balaban J connectivity index is 2.15. The molecule has 0 spiro atoms. The quantitative estimate of drug-likeness (QED) is 0.540. The first-order chi connectivity index (χ1) is 6.83. The molecular formula is C9H14N2O2S. The number of nitrogen functional groups attached to an aromatic ring is 1. The van der Waals surface area contributed by atoms with E-state index in [2.05, 4.69) is 4.98 Å². The van der Waals surface area contributed by atoms with Gasteiger partial charge in [0.1, 0.15) is 0 Å². The number of hydrogen-bond acceptors (Lipinski definition) is 5. The molecule has 1 aromatic heterocycles. The van der Waals surface area contributed by atoms with Crippen LogP contribution in [-0.2, 0) is 4.74 Å². The predicted molar refractivity (Wildman–Crippen MR) is 57.3 cm³/mol. The van der Waals surface area contributed by atoms with Gasteiger partial charge in [0.2, 0.25) is 0 Å². The molecule has 1 heterocycles. The lowest BCUT2D eigenvalue weighted by Gasteiger charge is -2.02. The maximum atomic E-state index is 8.46. The number of nitrogens with zero attached hydrogens (tertiary/aromatic N) is 1. The van der Waals surface area contributed by atoms with Gasteiger partial charge >= 0.3 is 0 Å². The molecule has 1 aromatic rings. The number of pyridine rings is 1. The first-order valence-electron chi connectivity index (χ1n) is 4.36. The molecule has 5 heteroatoms. The molecule has 0 aliphatic carbocycles. The summed E-state index contributed by atoms with van der Waals surface area (Å²) in [5.41, 5.74) is 6.17. The number of aliphatic hydroxyl groups excluding tert-OH is 1. The van der Waals surface area contributed by atoms with Gasteiger partial charge in [-0.05, 0) is 12.1 Å². The van der Waals surface area contributed by atoms with Crippen LogP contribution in [0.3, 0.4) is 0 Å². The molecule has 0 atom stereocenters. The molecule has 0 fully saturated rings. The fourth-order valence-corrected chi connectivity index (χ4v) is 1.55. The zero-order chi connectivity index (χ0) is 10.2. The highest BCUT2D eigenvalue weighted by Gasteiger charge is 1.95. The van der Waals surface area contributed by atoms with Gasteiger partial charge in [0.15, 0.2) is 0 Å². The molecule has 78 valence electrons. The highest BCUT2D eigenvalue weighted by atomic mass is 32.2. The van der Waals surface area contributed by atoms with Gasteiger partial charge < -0.3 is 15.6 Å². The average molecular weight is 214 g/mol. The number of thioether (sulfide) groups is 1. The van der Waals surface area contributed by atoms with Crippen LogP contribution in [-0.4, -0.2) is 35.7 Å².